The Balaban J connectivity index is 1.54. The van der Waals surface area contributed by atoms with E-state index >= 15 is 0 Å². The Bertz CT molecular complexity index is 790. The average molecular weight is 400 g/mol. The minimum Gasteiger partial charge on any atom is -0.394 e. The molecule has 6 heteroatoms. The van der Waals surface area contributed by atoms with Crippen molar-refractivity contribution in [1.29, 1.82) is 0 Å². The van der Waals surface area contributed by atoms with Crippen molar-refractivity contribution in [2.75, 3.05) is 13.2 Å². The predicted molar refractivity (Wildman–Crippen MR) is 106 cm³/mol. The maximum atomic E-state index is 10.4. The van der Waals surface area contributed by atoms with Crippen molar-refractivity contribution in [3.63, 3.8) is 0 Å². The van der Waals surface area contributed by atoms with Crippen LogP contribution in [0.4, 0.5) is 0 Å². The van der Waals surface area contributed by atoms with E-state index in [1.807, 2.05) is 55.5 Å². The van der Waals surface area contributed by atoms with E-state index in [1.54, 1.807) is 0 Å². The van der Waals surface area contributed by atoms with Gasteiger partial charge in [0.15, 0.2) is 12.6 Å². The molecule has 4 rings (SSSR count). The monoisotopic (exact) mass is 400 g/mol. The molecule has 0 aromatic heterocycles. The van der Waals surface area contributed by atoms with Crippen LogP contribution >= 0.6 is 0 Å². The second-order valence-corrected chi connectivity index (χ2v) is 7.63. The highest BCUT2D eigenvalue weighted by atomic mass is 16.8. The van der Waals surface area contributed by atoms with Gasteiger partial charge in [0.1, 0.15) is 24.4 Å². The van der Waals surface area contributed by atoms with Crippen LogP contribution in [0.15, 0.2) is 48.5 Å². The van der Waals surface area contributed by atoms with Crippen molar-refractivity contribution in [2.45, 2.75) is 57.3 Å². The zero-order valence-corrected chi connectivity index (χ0v) is 16.7. The summed E-state index contributed by atoms with van der Waals surface area (Å²) in [6.45, 7) is 4.01. The van der Waals surface area contributed by atoms with Gasteiger partial charge in [0, 0.05) is 11.1 Å². The summed E-state index contributed by atoms with van der Waals surface area (Å²) in [5.41, 5.74) is 4.12. The molecule has 2 aliphatic rings. The Kier molecular flexibility index (Phi) is 6.29. The van der Waals surface area contributed by atoms with E-state index in [1.165, 1.54) is 5.56 Å². The van der Waals surface area contributed by atoms with Crippen molar-refractivity contribution in [2.24, 2.45) is 0 Å². The third-order valence-electron chi connectivity index (χ3n) is 5.54. The third-order valence-corrected chi connectivity index (χ3v) is 5.54. The third kappa shape index (κ3) is 4.38. The molecule has 2 fully saturated rings. The second kappa shape index (κ2) is 8.92. The molecule has 2 saturated heterocycles. The number of rotatable bonds is 5. The van der Waals surface area contributed by atoms with Gasteiger partial charge >= 0.3 is 0 Å². The molecule has 29 heavy (non-hydrogen) atoms. The number of aliphatic hydroxyl groups is 2. The SMILES string of the molecule is CCc1ccc(C2OC3COC(c4ccc(C)cc4)OC3C(C(O)CO)O2)cc1. The minimum atomic E-state index is -1.08. The summed E-state index contributed by atoms with van der Waals surface area (Å²) in [5.74, 6) is 0. The summed E-state index contributed by atoms with van der Waals surface area (Å²) in [4.78, 5) is 0. The minimum absolute atomic E-state index is 0.310. The number of hydrogen-bond donors (Lipinski definition) is 2. The van der Waals surface area contributed by atoms with Crippen LogP contribution in [0.3, 0.4) is 0 Å². The second-order valence-electron chi connectivity index (χ2n) is 7.63. The molecule has 2 N–H and O–H groups in total. The van der Waals surface area contributed by atoms with Gasteiger partial charge in [-0.15, -0.1) is 0 Å². The lowest BCUT2D eigenvalue weighted by Gasteiger charge is -2.47. The largest absolute Gasteiger partial charge is 0.394 e. The van der Waals surface area contributed by atoms with Crippen LogP contribution in [0, 0.1) is 6.92 Å². The molecule has 6 nitrogen and oxygen atoms in total. The quantitative estimate of drug-likeness (QED) is 0.804. The Morgan fingerprint density at radius 1 is 0.931 bits per heavy atom. The van der Waals surface area contributed by atoms with E-state index < -0.39 is 43.6 Å². The maximum Gasteiger partial charge on any atom is 0.184 e. The molecule has 6 unspecified atom stereocenters. The lowest BCUT2D eigenvalue weighted by Crippen LogP contribution is -2.58. The van der Waals surface area contributed by atoms with Crippen molar-refractivity contribution in [1.82, 2.24) is 0 Å². The molecular weight excluding hydrogens is 372 g/mol. The normalized spacial score (nSPS) is 30.6. The lowest BCUT2D eigenvalue weighted by atomic mass is 9.99. The molecule has 0 bridgehead atoms. The Labute approximate surface area is 171 Å². The van der Waals surface area contributed by atoms with Gasteiger partial charge in [-0.3, -0.25) is 0 Å². The van der Waals surface area contributed by atoms with Crippen LogP contribution in [-0.4, -0.2) is 47.8 Å². The molecule has 0 radical (unpaired) electrons. The summed E-state index contributed by atoms with van der Waals surface area (Å²) in [6, 6.07) is 15.9. The van der Waals surface area contributed by atoms with Crippen molar-refractivity contribution < 1.29 is 29.2 Å². The van der Waals surface area contributed by atoms with Gasteiger partial charge in [-0.2, -0.15) is 0 Å². The van der Waals surface area contributed by atoms with Crippen LogP contribution in [-0.2, 0) is 25.4 Å². The van der Waals surface area contributed by atoms with Crippen LogP contribution in [0.2, 0.25) is 0 Å². The highest BCUT2D eigenvalue weighted by Gasteiger charge is 2.48. The topological polar surface area (TPSA) is 77.4 Å². The number of fused-ring (bicyclic) bond motifs is 1. The molecule has 2 aromatic rings. The first-order chi connectivity index (χ1) is 14.1. The van der Waals surface area contributed by atoms with E-state index in [9.17, 15) is 10.2 Å². The summed E-state index contributed by atoms with van der Waals surface area (Å²) in [7, 11) is 0. The van der Waals surface area contributed by atoms with Crippen LogP contribution < -0.4 is 0 Å². The van der Waals surface area contributed by atoms with Crippen LogP contribution in [0.5, 0.6) is 0 Å². The fraction of sp³-hybridized carbons (Fsp3) is 0.478. The highest BCUT2D eigenvalue weighted by molar-refractivity contribution is 5.24. The van der Waals surface area contributed by atoms with E-state index in [4.69, 9.17) is 18.9 Å². The first kappa shape index (κ1) is 20.5. The van der Waals surface area contributed by atoms with Crippen LogP contribution in [0.1, 0.15) is 41.8 Å². The molecule has 2 aliphatic heterocycles. The van der Waals surface area contributed by atoms with Gasteiger partial charge in [0.25, 0.3) is 0 Å². The van der Waals surface area contributed by atoms with Crippen molar-refractivity contribution >= 4 is 0 Å². The van der Waals surface area contributed by atoms with Gasteiger partial charge in [-0.25, -0.2) is 0 Å². The van der Waals surface area contributed by atoms with Crippen molar-refractivity contribution in [3.8, 4) is 0 Å². The molecular formula is C23H28O6. The number of aryl methyl sites for hydroxylation is 2. The number of hydrogen-bond acceptors (Lipinski definition) is 6. The van der Waals surface area contributed by atoms with Crippen LogP contribution in [0.25, 0.3) is 0 Å². The zero-order chi connectivity index (χ0) is 20.4. The van der Waals surface area contributed by atoms with Crippen molar-refractivity contribution in [3.05, 3.63) is 70.8 Å². The van der Waals surface area contributed by atoms with E-state index in [2.05, 4.69) is 6.92 Å². The van der Waals surface area contributed by atoms with Gasteiger partial charge in [0.2, 0.25) is 0 Å². The average Bonchev–Trinajstić information content (AvgIpc) is 2.78. The molecule has 0 aliphatic carbocycles. The van der Waals surface area contributed by atoms with Gasteiger partial charge in [-0.05, 0) is 18.9 Å². The zero-order valence-electron chi connectivity index (χ0n) is 16.7. The Morgan fingerprint density at radius 2 is 1.59 bits per heavy atom. The smallest absolute Gasteiger partial charge is 0.184 e. The van der Waals surface area contributed by atoms with Gasteiger partial charge in [0.05, 0.1) is 13.2 Å². The summed E-state index contributed by atoms with van der Waals surface area (Å²) < 4.78 is 24.2. The summed E-state index contributed by atoms with van der Waals surface area (Å²) in [6.07, 6.45) is -3.05. The van der Waals surface area contributed by atoms with E-state index in [-0.39, 0.29) is 0 Å². The molecule has 6 atom stereocenters. The van der Waals surface area contributed by atoms with E-state index in [0.29, 0.717) is 6.61 Å². The molecule has 156 valence electrons. The van der Waals surface area contributed by atoms with Gasteiger partial charge < -0.3 is 29.2 Å². The first-order valence-corrected chi connectivity index (χ1v) is 10.1. The fourth-order valence-corrected chi connectivity index (χ4v) is 3.74. The molecule has 0 saturated carbocycles. The summed E-state index contributed by atoms with van der Waals surface area (Å²) in [5, 5.41) is 20.0. The molecule has 2 heterocycles. The predicted octanol–water partition coefficient (Wildman–Crippen LogP) is 2.81. The Hall–Kier alpha value is -1.80. The van der Waals surface area contributed by atoms with E-state index in [0.717, 1.165) is 23.1 Å². The standard InChI is InChI=1S/C23H28O6/c1-3-15-6-10-17(11-7-15)23-27-19-13-26-22(16-8-4-14(2)5-9-16)29-21(19)20(28-23)18(25)12-24/h4-11,18-25H,3,12-13H2,1-2H3. The highest BCUT2D eigenvalue weighted by Crippen LogP contribution is 2.39. The van der Waals surface area contributed by atoms with Gasteiger partial charge in [-0.1, -0.05) is 61.0 Å². The first-order valence-electron chi connectivity index (χ1n) is 10.1. The maximum absolute atomic E-state index is 10.4. The molecule has 2 aromatic carbocycles. The molecule has 0 amide bonds. The fourth-order valence-electron chi connectivity index (χ4n) is 3.74. The Morgan fingerprint density at radius 3 is 2.24 bits per heavy atom. The number of aliphatic hydroxyl groups excluding tert-OH is 2. The number of ether oxygens (including phenoxy) is 4. The lowest BCUT2D eigenvalue weighted by molar-refractivity contribution is -0.373. The number of benzene rings is 2. The molecule has 0 spiro atoms. The summed E-state index contributed by atoms with van der Waals surface area (Å²) >= 11 is 0.